The fourth-order valence-corrected chi connectivity index (χ4v) is 6.99. The minimum absolute atomic E-state index is 0. The van der Waals surface area contributed by atoms with Gasteiger partial charge in [-0.15, -0.1) is 90.0 Å². The van der Waals surface area contributed by atoms with Crippen molar-refractivity contribution in [2.24, 2.45) is 0 Å². The Morgan fingerprint density at radius 1 is 0.581 bits per heavy atom. The summed E-state index contributed by atoms with van der Waals surface area (Å²) in [6.45, 7) is 5.75. The minimum Gasteiger partial charge on any atom is -0.500 e. The number of aryl methyl sites for hydroxylation is 6. The first kappa shape index (κ1) is 28.9. The first-order chi connectivity index (χ1) is 34.7. The molecule has 0 bridgehead atoms. The summed E-state index contributed by atoms with van der Waals surface area (Å²) in [5.41, 5.74) is 1.16. The summed E-state index contributed by atoms with van der Waals surface area (Å²) in [6, 6.07) is 41.7. The molecule has 0 aliphatic rings. The second-order valence-corrected chi connectivity index (χ2v) is 15.2. The summed E-state index contributed by atoms with van der Waals surface area (Å²) >= 11 is 0. The van der Waals surface area contributed by atoms with E-state index < -0.39 is 60.3 Å². The Labute approximate surface area is 396 Å². The number of furan rings is 1. The standard InChI is InChI=1S/C56H45N4O.Ir/c1-56(2,3)53-46(34-57)26-27-48-47-15-10-16-49(54(47)61-55(48)53)52-30-25-40(37-60-52)19-22-43-32-41(20-17-38-23-28-50(58-35-38)44-11-6-4-7-12-44)31-42(33-43)21-18-39-24-29-51(59-36-39)45-13-8-5-9-14-45;/h4-11,13,15,23-33,35-37H,17-22H2,1-3H3;/q-3;+3/i17D2,18D2,19D2,20D2,21D2,22D2,26D;. The van der Waals surface area contributed by atoms with E-state index in [1.165, 1.54) is 48.8 Å². The summed E-state index contributed by atoms with van der Waals surface area (Å²) < 4.78 is 128. The van der Waals surface area contributed by atoms with E-state index in [1.54, 1.807) is 66.7 Å². The first-order valence-electron chi connectivity index (χ1n) is 26.1. The second kappa shape index (κ2) is 18.6. The Bertz CT molecular complexity index is 3490. The molecule has 62 heavy (non-hydrogen) atoms. The molecule has 4 heterocycles. The van der Waals surface area contributed by atoms with Crippen LogP contribution in [-0.2, 0) is 63.8 Å². The number of benzene rings is 5. The number of aromatic nitrogens is 3. The van der Waals surface area contributed by atoms with Crippen molar-refractivity contribution in [2.75, 3.05) is 0 Å². The van der Waals surface area contributed by atoms with Gasteiger partial charge in [-0.05, 0) is 100 Å². The van der Waals surface area contributed by atoms with E-state index in [9.17, 15) is 21.7 Å². The van der Waals surface area contributed by atoms with Crippen molar-refractivity contribution in [1.82, 2.24) is 15.0 Å². The molecule has 6 heteroatoms. The molecule has 5 nitrogen and oxygen atoms in total. The summed E-state index contributed by atoms with van der Waals surface area (Å²) in [5.74, 6) is 0. The van der Waals surface area contributed by atoms with Crippen LogP contribution in [0.15, 0.2) is 150 Å². The zero-order valence-corrected chi connectivity index (χ0v) is 36.2. The zero-order chi connectivity index (χ0) is 53.4. The van der Waals surface area contributed by atoms with Gasteiger partial charge in [0.2, 0.25) is 0 Å². The second-order valence-electron chi connectivity index (χ2n) is 15.2. The number of rotatable bonds is 12. The van der Waals surface area contributed by atoms with Gasteiger partial charge >= 0.3 is 20.1 Å². The van der Waals surface area contributed by atoms with Crippen LogP contribution >= 0.6 is 0 Å². The third-order valence-corrected chi connectivity index (χ3v) is 9.89. The van der Waals surface area contributed by atoms with Crippen molar-refractivity contribution in [3.05, 3.63) is 209 Å². The van der Waals surface area contributed by atoms with E-state index in [4.69, 9.17) is 5.79 Å². The largest absolute Gasteiger partial charge is 3.00 e. The summed E-state index contributed by atoms with van der Waals surface area (Å²) in [4.78, 5) is 13.3. The molecule has 0 radical (unpaired) electrons. The van der Waals surface area contributed by atoms with Gasteiger partial charge in [-0.25, -0.2) is 0 Å². The van der Waals surface area contributed by atoms with E-state index in [1.807, 2.05) is 20.8 Å². The molecule has 9 aromatic rings. The fraction of sp³-hybridized carbons (Fsp3) is 0.179. The Kier molecular flexibility index (Phi) is 8.69. The van der Waals surface area contributed by atoms with Gasteiger partial charge < -0.3 is 19.4 Å². The smallest absolute Gasteiger partial charge is 0.500 e. The number of hydrogen-bond donors (Lipinski definition) is 0. The Morgan fingerprint density at radius 2 is 1.06 bits per heavy atom. The van der Waals surface area contributed by atoms with Gasteiger partial charge in [-0.3, -0.25) is 0 Å². The quantitative estimate of drug-likeness (QED) is 0.114. The average molecular weight is 995 g/mol. The van der Waals surface area contributed by atoms with Crippen LogP contribution in [-0.4, -0.2) is 15.0 Å². The molecular formula is C56H45IrN4O. The van der Waals surface area contributed by atoms with Gasteiger partial charge in [-0.2, -0.15) is 5.26 Å². The molecule has 0 atom stereocenters. The maximum Gasteiger partial charge on any atom is 3.00 e. The molecule has 0 unspecified atom stereocenters. The molecule has 0 fully saturated rings. The molecule has 5 aromatic carbocycles. The van der Waals surface area contributed by atoms with Crippen molar-refractivity contribution in [1.29, 1.82) is 5.26 Å². The molecule has 9 rings (SSSR count). The van der Waals surface area contributed by atoms with Crippen molar-refractivity contribution < 1.29 is 42.3 Å². The number of nitriles is 1. The van der Waals surface area contributed by atoms with Crippen molar-refractivity contribution in [3.63, 3.8) is 0 Å². The molecule has 0 aliphatic heterocycles. The Balaban J connectivity index is 0.00000747. The van der Waals surface area contributed by atoms with Crippen LogP contribution in [0.3, 0.4) is 0 Å². The van der Waals surface area contributed by atoms with Crippen LogP contribution in [0.5, 0.6) is 0 Å². The Hall–Kier alpha value is -6.51. The van der Waals surface area contributed by atoms with Crippen LogP contribution in [0, 0.1) is 29.5 Å². The molecular weight excluding hydrogens is 937 g/mol. The Morgan fingerprint density at radius 3 is 1.50 bits per heavy atom. The van der Waals surface area contributed by atoms with Crippen LogP contribution in [0.1, 0.15) is 83.1 Å². The normalized spacial score (nSPS) is 15.9. The third-order valence-electron chi connectivity index (χ3n) is 9.89. The van der Waals surface area contributed by atoms with E-state index in [0.717, 1.165) is 24.4 Å². The maximum atomic E-state index is 10.0. The predicted molar refractivity (Wildman–Crippen MR) is 245 cm³/mol. The van der Waals surface area contributed by atoms with E-state index in [0.29, 0.717) is 55.6 Å². The van der Waals surface area contributed by atoms with Crippen molar-refractivity contribution in [2.45, 2.75) is 64.4 Å². The van der Waals surface area contributed by atoms with Crippen LogP contribution in [0.4, 0.5) is 0 Å². The van der Waals surface area contributed by atoms with Gasteiger partial charge in [0, 0.05) is 46.0 Å². The minimum atomic E-state index is -3.15. The SMILES string of the molecule is [2H]c1cc2c(oc3c(-c4ccc(C([2H])([2H])C([2H])([2H])c5cc(C([2H])([2H])C([2H])([2H])c6ccc(-c7[c-]cccc7)nc6)cc(C([2H])([2H])C([2H])([2H])c6ccc(-c7[c-]cccc7)nc6)c5)cn4)[c-]ccc32)c(C(C)(C)C)c1C#N.[Ir+3]. The van der Waals surface area contributed by atoms with E-state index >= 15 is 0 Å². The third kappa shape index (κ3) is 9.36. The maximum absolute atomic E-state index is 10.0. The van der Waals surface area contributed by atoms with Crippen LogP contribution in [0.25, 0.3) is 55.7 Å². The molecule has 0 amide bonds. The molecule has 0 spiro atoms. The summed E-state index contributed by atoms with van der Waals surface area (Å²) in [7, 11) is 0. The van der Waals surface area contributed by atoms with Crippen LogP contribution in [0.2, 0.25) is 0 Å². The molecule has 0 aliphatic carbocycles. The number of nitrogens with zero attached hydrogens (tertiary/aromatic N) is 4. The topological polar surface area (TPSA) is 75.6 Å². The molecule has 0 saturated carbocycles. The average Bonchev–Trinajstić information content (AvgIpc) is 3.76. The molecule has 304 valence electrons. The molecule has 0 saturated heterocycles. The van der Waals surface area contributed by atoms with E-state index in [2.05, 4.69) is 39.2 Å². The first-order valence-corrected chi connectivity index (χ1v) is 19.6. The number of hydrogen-bond acceptors (Lipinski definition) is 5. The monoisotopic (exact) mass is 995 g/mol. The summed E-state index contributed by atoms with van der Waals surface area (Å²) in [5, 5.41) is 11.3. The van der Waals surface area contributed by atoms with E-state index in [-0.39, 0.29) is 54.1 Å². The zero-order valence-electron chi connectivity index (χ0n) is 46.8. The number of fused-ring (bicyclic) bond motifs is 3. The van der Waals surface area contributed by atoms with Gasteiger partial charge in [-0.1, -0.05) is 92.4 Å². The van der Waals surface area contributed by atoms with Gasteiger partial charge in [0.15, 0.2) is 0 Å². The molecule has 0 N–H and O–H groups in total. The predicted octanol–water partition coefficient (Wildman–Crippen LogP) is 12.7. The molecule has 4 aromatic heterocycles. The van der Waals surface area contributed by atoms with Crippen molar-refractivity contribution in [3.8, 4) is 39.8 Å². The summed E-state index contributed by atoms with van der Waals surface area (Å²) in [6.07, 6.45) is -14.8. The fourth-order valence-electron chi connectivity index (χ4n) is 6.99. The number of pyridine rings is 3. The van der Waals surface area contributed by atoms with Crippen molar-refractivity contribution >= 4 is 21.9 Å². The van der Waals surface area contributed by atoms with Gasteiger partial charge in [0.05, 0.1) is 18.6 Å². The van der Waals surface area contributed by atoms with Gasteiger partial charge in [0.25, 0.3) is 0 Å². The van der Waals surface area contributed by atoms with Gasteiger partial charge in [0.1, 0.15) is 5.58 Å². The van der Waals surface area contributed by atoms with Crippen LogP contribution < -0.4 is 0 Å².